The largest absolute Gasteiger partial charge is 0.502 e. The number of fused-ring (bicyclic) bond motifs is 4. The first-order valence-corrected chi connectivity index (χ1v) is 17.0. The van der Waals surface area contributed by atoms with E-state index in [4.69, 9.17) is 21.1 Å². The number of allylic oxidation sites excluding steroid dienone is 3. The molecule has 4 aliphatic rings. The molecule has 6 atom stereocenters. The number of carbonyl (C=O) groups excluding carboxylic acids is 4. The second-order valence-electron chi connectivity index (χ2n) is 13.2. The minimum Gasteiger partial charge on any atom is -0.502 e. The fourth-order valence-electron chi connectivity index (χ4n) is 8.70. The molecule has 0 bridgehead atoms. The molecule has 51 heavy (non-hydrogen) atoms. The van der Waals surface area contributed by atoms with Crippen molar-refractivity contribution in [1.82, 2.24) is 4.90 Å². The number of aliphatic carboxylic acids is 1. The monoisotopic (exact) mass is 710 g/mol. The van der Waals surface area contributed by atoms with Crippen molar-refractivity contribution in [3.05, 3.63) is 101 Å². The number of ether oxygens (including phenoxy) is 2. The summed E-state index contributed by atoms with van der Waals surface area (Å²) in [5.74, 6) is -6.59. The van der Waals surface area contributed by atoms with Crippen LogP contribution in [0.4, 0.5) is 5.69 Å². The van der Waals surface area contributed by atoms with Crippen LogP contribution in [0.25, 0.3) is 6.08 Å². The van der Waals surface area contributed by atoms with Crippen LogP contribution < -0.4 is 14.4 Å². The Hall–Kier alpha value is -5.42. The van der Waals surface area contributed by atoms with Gasteiger partial charge >= 0.3 is 5.97 Å². The van der Waals surface area contributed by atoms with Gasteiger partial charge in [-0.1, -0.05) is 71.8 Å². The van der Waals surface area contributed by atoms with Crippen molar-refractivity contribution in [2.75, 3.05) is 25.7 Å². The average Bonchev–Trinajstić information content (AvgIpc) is 3.51. The maximum absolute atomic E-state index is 15.2. The van der Waals surface area contributed by atoms with Crippen LogP contribution in [0.2, 0.25) is 5.02 Å². The molecule has 11 nitrogen and oxygen atoms in total. The first-order chi connectivity index (χ1) is 24.5. The minimum absolute atomic E-state index is 0.112. The zero-order valence-corrected chi connectivity index (χ0v) is 28.6. The summed E-state index contributed by atoms with van der Waals surface area (Å²) in [7, 11) is 2.83. The molecule has 1 saturated carbocycles. The molecular weight excluding hydrogens is 676 g/mol. The first-order valence-electron chi connectivity index (χ1n) is 16.6. The molecule has 7 rings (SSSR count). The Balaban J connectivity index is 1.43. The molecule has 2 heterocycles. The van der Waals surface area contributed by atoms with Crippen molar-refractivity contribution in [2.24, 2.45) is 29.6 Å². The number of likely N-dealkylation sites (tertiary alicyclic amines) is 1. The molecule has 0 unspecified atom stereocenters. The van der Waals surface area contributed by atoms with Gasteiger partial charge in [-0.3, -0.25) is 28.9 Å². The lowest BCUT2D eigenvalue weighted by atomic mass is 9.50. The maximum Gasteiger partial charge on any atom is 0.305 e. The quantitative estimate of drug-likeness (QED) is 0.224. The zero-order chi connectivity index (χ0) is 36.2. The smallest absolute Gasteiger partial charge is 0.305 e. The number of phenols is 1. The van der Waals surface area contributed by atoms with E-state index in [1.54, 1.807) is 42.5 Å². The molecule has 0 radical (unpaired) electrons. The van der Waals surface area contributed by atoms with Gasteiger partial charge in [0.2, 0.25) is 29.4 Å². The number of hydrogen-bond acceptors (Lipinski definition) is 8. The minimum atomic E-state index is -1.45. The predicted octanol–water partition coefficient (Wildman–Crippen LogP) is 5.25. The van der Waals surface area contributed by atoms with Crippen LogP contribution in [-0.2, 0) is 29.4 Å². The van der Waals surface area contributed by atoms with Crippen LogP contribution >= 0.6 is 11.6 Å². The van der Waals surface area contributed by atoms with Crippen LogP contribution in [0, 0.1) is 29.6 Å². The number of benzene rings is 3. The predicted molar refractivity (Wildman–Crippen MR) is 186 cm³/mol. The van der Waals surface area contributed by atoms with E-state index in [9.17, 15) is 29.4 Å². The molecule has 12 heteroatoms. The van der Waals surface area contributed by atoms with E-state index < -0.39 is 64.6 Å². The van der Waals surface area contributed by atoms with Gasteiger partial charge in [0.1, 0.15) is 0 Å². The van der Waals surface area contributed by atoms with Crippen LogP contribution in [0.1, 0.15) is 30.4 Å². The number of anilines is 1. The molecule has 2 saturated heterocycles. The van der Waals surface area contributed by atoms with Crippen LogP contribution in [0.5, 0.6) is 17.2 Å². The molecular formula is C39H35ClN2O9. The van der Waals surface area contributed by atoms with Gasteiger partial charge in [0.15, 0.2) is 11.5 Å². The topological polar surface area (TPSA) is 151 Å². The molecule has 3 aromatic carbocycles. The normalized spacial score (nSPS) is 27.0. The lowest BCUT2D eigenvalue weighted by Crippen LogP contribution is -2.54. The Morgan fingerprint density at radius 3 is 2.29 bits per heavy atom. The molecule has 0 aromatic heterocycles. The molecule has 2 aliphatic heterocycles. The van der Waals surface area contributed by atoms with Crippen molar-refractivity contribution in [2.45, 2.75) is 24.7 Å². The number of aromatic hydroxyl groups is 1. The van der Waals surface area contributed by atoms with Crippen LogP contribution in [0.3, 0.4) is 0 Å². The Morgan fingerprint density at radius 1 is 0.941 bits per heavy atom. The summed E-state index contributed by atoms with van der Waals surface area (Å²) in [5.41, 5.74) is 0.812. The molecule has 2 aliphatic carbocycles. The lowest BCUT2D eigenvalue weighted by Gasteiger charge is -2.49. The number of rotatable bonds is 9. The van der Waals surface area contributed by atoms with Crippen molar-refractivity contribution >= 4 is 53.0 Å². The zero-order valence-electron chi connectivity index (χ0n) is 27.8. The third-order valence-corrected chi connectivity index (χ3v) is 11.1. The Labute approximate surface area is 298 Å². The van der Waals surface area contributed by atoms with E-state index in [2.05, 4.69) is 0 Å². The number of hydrogen-bond donors (Lipinski definition) is 2. The first kappa shape index (κ1) is 34.0. The van der Waals surface area contributed by atoms with Gasteiger partial charge in [0.25, 0.3) is 0 Å². The van der Waals surface area contributed by atoms with Gasteiger partial charge in [0.05, 0.1) is 49.5 Å². The maximum atomic E-state index is 15.2. The van der Waals surface area contributed by atoms with Gasteiger partial charge in [-0.25, -0.2) is 4.90 Å². The summed E-state index contributed by atoms with van der Waals surface area (Å²) in [6.07, 6.45) is 5.48. The molecule has 0 spiro atoms. The van der Waals surface area contributed by atoms with Crippen LogP contribution in [-0.4, -0.2) is 65.5 Å². The molecule has 262 valence electrons. The lowest BCUT2D eigenvalue weighted by molar-refractivity contribution is -0.142. The van der Waals surface area contributed by atoms with E-state index in [0.717, 1.165) is 10.5 Å². The highest BCUT2D eigenvalue weighted by atomic mass is 35.5. The highest BCUT2D eigenvalue weighted by Gasteiger charge is 2.69. The number of carboxylic acid groups (broad SMARTS) is 1. The summed E-state index contributed by atoms with van der Waals surface area (Å²) in [6, 6.07) is 18.9. The number of nitrogens with zero attached hydrogens (tertiary/aromatic N) is 2. The molecule has 3 aromatic rings. The summed E-state index contributed by atoms with van der Waals surface area (Å²) >= 11 is 6.36. The van der Waals surface area contributed by atoms with Crippen molar-refractivity contribution < 1.29 is 43.7 Å². The number of phenolic OH excluding ortho intramolecular Hbond substituents is 1. The number of amides is 4. The number of carbonyl (C=O) groups is 5. The van der Waals surface area contributed by atoms with Gasteiger partial charge in [-0.15, -0.1) is 0 Å². The second-order valence-corrected chi connectivity index (χ2v) is 13.7. The van der Waals surface area contributed by atoms with E-state index in [-0.39, 0.29) is 43.1 Å². The standard InChI is InChI=1S/C39H35ClN2O9/c1-50-30-17-21(18-31(51-2)34(30)45)11-14-28-25-12-13-26-33(37(48)41(35(26)46)16-15-32(43)44)27(25)20-29-36(47)42(24-10-6-9-23(40)19-24)38(49)39(28,29)22-7-4-3-5-8-22/h3-12,14,17-19,26-29,33,45H,13,15-16,20H2,1-2H3,(H,43,44)/t26-,27+,28-,29-,33-,39-/m0/s1. The summed E-state index contributed by atoms with van der Waals surface area (Å²) in [4.78, 5) is 71.2. The fourth-order valence-corrected chi connectivity index (χ4v) is 8.88. The Morgan fingerprint density at radius 2 is 1.65 bits per heavy atom. The summed E-state index contributed by atoms with van der Waals surface area (Å²) < 4.78 is 10.8. The van der Waals surface area contributed by atoms with E-state index in [1.165, 1.54) is 19.1 Å². The van der Waals surface area contributed by atoms with E-state index in [0.29, 0.717) is 21.8 Å². The fraction of sp³-hybridized carbons (Fsp3) is 0.308. The van der Waals surface area contributed by atoms with Gasteiger partial charge in [0, 0.05) is 17.5 Å². The van der Waals surface area contributed by atoms with Crippen molar-refractivity contribution in [3.63, 3.8) is 0 Å². The van der Waals surface area contributed by atoms with E-state index >= 15 is 4.79 Å². The second kappa shape index (κ2) is 13.0. The highest BCUT2D eigenvalue weighted by molar-refractivity contribution is 6.32. The van der Waals surface area contributed by atoms with Gasteiger partial charge < -0.3 is 19.7 Å². The SMILES string of the molecule is COc1cc(C=C[C@H]2C3=CC[C@@H]4C(=O)N(CCC(=O)O)C(=O)[C@@H]4[C@@H]3C[C@H]3C(=O)N(c4cccc(Cl)c4)C(=O)[C@@]23c2ccccc2)cc(OC)c1O. The third-order valence-electron chi connectivity index (χ3n) is 10.9. The molecule has 2 N–H and O–H groups in total. The van der Waals surface area contributed by atoms with Gasteiger partial charge in [-0.05, 0) is 60.2 Å². The summed E-state index contributed by atoms with van der Waals surface area (Å²) in [6.45, 7) is -0.243. The molecule has 4 amide bonds. The number of imide groups is 2. The number of halogens is 1. The number of methoxy groups -OCH3 is 2. The highest BCUT2D eigenvalue weighted by Crippen LogP contribution is 2.62. The molecule has 3 fully saturated rings. The van der Waals surface area contributed by atoms with Crippen LogP contribution in [0.15, 0.2) is 84.5 Å². The third kappa shape index (κ3) is 5.29. The average molecular weight is 711 g/mol. The van der Waals surface area contributed by atoms with Crippen molar-refractivity contribution in [3.8, 4) is 17.2 Å². The Kier molecular flexibility index (Phi) is 8.71. The summed E-state index contributed by atoms with van der Waals surface area (Å²) in [5, 5.41) is 20.2. The van der Waals surface area contributed by atoms with Gasteiger partial charge in [-0.2, -0.15) is 0 Å². The van der Waals surface area contributed by atoms with E-state index in [1.807, 2.05) is 42.5 Å². The number of carboxylic acids is 1. The van der Waals surface area contributed by atoms with Crippen molar-refractivity contribution in [1.29, 1.82) is 0 Å². The Bertz CT molecular complexity index is 2000.